The highest BCUT2D eigenvalue weighted by Crippen LogP contribution is 2.26. The van der Waals surface area contributed by atoms with E-state index in [2.05, 4.69) is 41.3 Å². The van der Waals surface area contributed by atoms with Crippen LogP contribution in [0.2, 0.25) is 0 Å². The number of aromatic nitrogens is 2. The smallest absolute Gasteiger partial charge is 0.269 e. The number of nitrogens with zero attached hydrogens (tertiary/aromatic N) is 3. The molecule has 1 aromatic heterocycles. The van der Waals surface area contributed by atoms with Crippen LogP contribution < -0.4 is 10.1 Å². The SMILES string of the molecule is CCC(CC)n1nccc1C(=O)NC[C@H](c1ccc(OC)cc1)N1CCCCC1. The van der Waals surface area contributed by atoms with Gasteiger partial charge < -0.3 is 10.1 Å². The van der Waals surface area contributed by atoms with Crippen molar-refractivity contribution in [2.24, 2.45) is 0 Å². The molecule has 0 spiro atoms. The summed E-state index contributed by atoms with van der Waals surface area (Å²) in [6.07, 6.45) is 7.34. The molecular formula is C23H34N4O2. The van der Waals surface area contributed by atoms with E-state index in [0.717, 1.165) is 31.7 Å². The Labute approximate surface area is 174 Å². The number of hydrogen-bond donors (Lipinski definition) is 1. The molecule has 1 aliphatic rings. The zero-order valence-electron chi connectivity index (χ0n) is 17.9. The van der Waals surface area contributed by atoms with Crippen molar-refractivity contribution in [3.8, 4) is 5.75 Å². The summed E-state index contributed by atoms with van der Waals surface area (Å²) in [7, 11) is 1.68. The summed E-state index contributed by atoms with van der Waals surface area (Å²) in [5, 5.41) is 7.59. The minimum Gasteiger partial charge on any atom is -0.497 e. The second-order valence-corrected chi connectivity index (χ2v) is 7.73. The average molecular weight is 399 g/mol. The van der Waals surface area contributed by atoms with Gasteiger partial charge in [-0.05, 0) is 62.5 Å². The Bertz CT molecular complexity index is 761. The van der Waals surface area contributed by atoms with Gasteiger partial charge in [-0.25, -0.2) is 0 Å². The molecule has 3 rings (SSSR count). The van der Waals surface area contributed by atoms with Crippen LogP contribution in [0, 0.1) is 0 Å². The van der Waals surface area contributed by atoms with E-state index in [1.165, 1.54) is 24.8 Å². The van der Waals surface area contributed by atoms with Crippen LogP contribution in [-0.4, -0.2) is 47.3 Å². The average Bonchev–Trinajstić information content (AvgIpc) is 3.25. The van der Waals surface area contributed by atoms with E-state index in [1.54, 1.807) is 13.3 Å². The maximum Gasteiger partial charge on any atom is 0.269 e. The summed E-state index contributed by atoms with van der Waals surface area (Å²) in [6, 6.07) is 10.4. The van der Waals surface area contributed by atoms with Crippen LogP contribution >= 0.6 is 0 Å². The fourth-order valence-corrected chi connectivity index (χ4v) is 4.21. The summed E-state index contributed by atoms with van der Waals surface area (Å²) in [5.74, 6) is 0.800. The van der Waals surface area contributed by atoms with Gasteiger partial charge in [0.2, 0.25) is 0 Å². The Hall–Kier alpha value is -2.34. The number of amides is 1. The molecular weight excluding hydrogens is 364 g/mol. The summed E-state index contributed by atoms with van der Waals surface area (Å²) in [5.41, 5.74) is 1.85. The lowest BCUT2D eigenvalue weighted by Gasteiger charge is -2.35. The van der Waals surface area contributed by atoms with Gasteiger partial charge in [-0.1, -0.05) is 32.4 Å². The van der Waals surface area contributed by atoms with Crippen molar-refractivity contribution < 1.29 is 9.53 Å². The number of likely N-dealkylation sites (tertiary alicyclic amines) is 1. The van der Waals surface area contributed by atoms with Crippen LogP contribution in [0.25, 0.3) is 0 Å². The van der Waals surface area contributed by atoms with Crippen molar-refractivity contribution in [3.63, 3.8) is 0 Å². The maximum absolute atomic E-state index is 13.0. The predicted octanol–water partition coefficient (Wildman–Crippen LogP) is 4.21. The molecule has 0 saturated carbocycles. The van der Waals surface area contributed by atoms with Gasteiger partial charge >= 0.3 is 0 Å². The third kappa shape index (κ3) is 5.18. The number of nitrogens with one attached hydrogen (secondary N) is 1. The van der Waals surface area contributed by atoms with Gasteiger partial charge in [-0.3, -0.25) is 14.4 Å². The Morgan fingerprint density at radius 1 is 1.10 bits per heavy atom. The first-order valence-electron chi connectivity index (χ1n) is 10.9. The number of ether oxygens (including phenoxy) is 1. The molecule has 2 aromatic rings. The van der Waals surface area contributed by atoms with E-state index in [1.807, 2.05) is 22.9 Å². The second-order valence-electron chi connectivity index (χ2n) is 7.73. The van der Waals surface area contributed by atoms with Gasteiger partial charge in [-0.15, -0.1) is 0 Å². The van der Waals surface area contributed by atoms with Gasteiger partial charge in [0, 0.05) is 12.7 Å². The monoisotopic (exact) mass is 398 g/mol. The third-order valence-electron chi connectivity index (χ3n) is 5.98. The van der Waals surface area contributed by atoms with Crippen LogP contribution in [0.15, 0.2) is 36.5 Å². The van der Waals surface area contributed by atoms with Gasteiger partial charge in [0.15, 0.2) is 0 Å². The molecule has 1 aromatic carbocycles. The summed E-state index contributed by atoms with van der Waals surface area (Å²) in [4.78, 5) is 15.5. The molecule has 1 atom stereocenters. The quantitative estimate of drug-likeness (QED) is 0.687. The van der Waals surface area contributed by atoms with E-state index >= 15 is 0 Å². The molecule has 0 bridgehead atoms. The van der Waals surface area contributed by atoms with Crippen LogP contribution in [0.4, 0.5) is 0 Å². The van der Waals surface area contributed by atoms with E-state index in [0.29, 0.717) is 12.2 Å². The molecule has 1 saturated heterocycles. The highest BCUT2D eigenvalue weighted by Gasteiger charge is 2.24. The van der Waals surface area contributed by atoms with Crippen molar-refractivity contribution >= 4 is 5.91 Å². The number of benzene rings is 1. The third-order valence-corrected chi connectivity index (χ3v) is 5.98. The first-order chi connectivity index (χ1) is 14.2. The summed E-state index contributed by atoms with van der Waals surface area (Å²) in [6.45, 7) is 6.98. The molecule has 0 aliphatic carbocycles. The number of carbonyl (C=O) groups is 1. The van der Waals surface area contributed by atoms with Gasteiger partial charge in [0.1, 0.15) is 11.4 Å². The number of methoxy groups -OCH3 is 1. The minimum absolute atomic E-state index is 0.0510. The molecule has 0 radical (unpaired) electrons. The molecule has 6 nitrogen and oxygen atoms in total. The Morgan fingerprint density at radius 2 is 1.79 bits per heavy atom. The van der Waals surface area contributed by atoms with Gasteiger partial charge in [-0.2, -0.15) is 5.10 Å². The van der Waals surface area contributed by atoms with Crippen LogP contribution in [0.3, 0.4) is 0 Å². The van der Waals surface area contributed by atoms with Crippen molar-refractivity contribution in [2.45, 2.75) is 58.0 Å². The lowest BCUT2D eigenvalue weighted by Crippen LogP contribution is -2.41. The van der Waals surface area contributed by atoms with Crippen molar-refractivity contribution in [2.75, 3.05) is 26.7 Å². The van der Waals surface area contributed by atoms with Crippen molar-refractivity contribution in [1.82, 2.24) is 20.0 Å². The molecule has 1 N–H and O–H groups in total. The highest BCUT2D eigenvalue weighted by molar-refractivity contribution is 5.92. The largest absolute Gasteiger partial charge is 0.497 e. The zero-order chi connectivity index (χ0) is 20.6. The molecule has 158 valence electrons. The number of piperidine rings is 1. The summed E-state index contributed by atoms with van der Waals surface area (Å²) >= 11 is 0. The van der Waals surface area contributed by atoms with Crippen LogP contribution in [0.1, 0.15) is 74.1 Å². The van der Waals surface area contributed by atoms with Gasteiger partial charge in [0.25, 0.3) is 5.91 Å². The molecule has 1 amide bonds. The fourth-order valence-electron chi connectivity index (χ4n) is 4.21. The molecule has 6 heteroatoms. The first-order valence-corrected chi connectivity index (χ1v) is 10.9. The molecule has 29 heavy (non-hydrogen) atoms. The molecule has 1 fully saturated rings. The normalized spacial score (nSPS) is 16.0. The van der Waals surface area contributed by atoms with E-state index in [9.17, 15) is 4.79 Å². The van der Waals surface area contributed by atoms with Crippen molar-refractivity contribution in [3.05, 3.63) is 47.8 Å². The number of hydrogen-bond acceptors (Lipinski definition) is 4. The highest BCUT2D eigenvalue weighted by atomic mass is 16.5. The Balaban J connectivity index is 1.74. The Morgan fingerprint density at radius 3 is 2.41 bits per heavy atom. The first kappa shape index (κ1) is 21.4. The zero-order valence-corrected chi connectivity index (χ0v) is 17.9. The van der Waals surface area contributed by atoms with Gasteiger partial charge in [0.05, 0.1) is 19.2 Å². The predicted molar refractivity (Wildman–Crippen MR) is 115 cm³/mol. The number of rotatable bonds is 9. The summed E-state index contributed by atoms with van der Waals surface area (Å²) < 4.78 is 7.18. The topological polar surface area (TPSA) is 59.4 Å². The van der Waals surface area contributed by atoms with Crippen LogP contribution in [-0.2, 0) is 0 Å². The second kappa shape index (κ2) is 10.4. The fraction of sp³-hybridized carbons (Fsp3) is 0.565. The lowest BCUT2D eigenvalue weighted by molar-refractivity contribution is 0.0910. The maximum atomic E-state index is 13.0. The van der Waals surface area contributed by atoms with Crippen molar-refractivity contribution in [1.29, 1.82) is 0 Å². The van der Waals surface area contributed by atoms with E-state index in [4.69, 9.17) is 4.74 Å². The molecule has 2 heterocycles. The van der Waals surface area contributed by atoms with E-state index in [-0.39, 0.29) is 18.0 Å². The molecule has 0 unspecified atom stereocenters. The number of carbonyl (C=O) groups excluding carboxylic acids is 1. The minimum atomic E-state index is -0.0510. The standard InChI is InChI=1S/C23H34N4O2/c1-4-19(5-2)27-21(13-14-25-27)23(28)24-17-22(26-15-7-6-8-16-26)18-9-11-20(29-3)12-10-18/h9-14,19,22H,4-8,15-17H2,1-3H3,(H,24,28)/t22-/m1/s1. The lowest BCUT2D eigenvalue weighted by atomic mass is 10.0. The molecule has 1 aliphatic heterocycles. The van der Waals surface area contributed by atoms with E-state index < -0.39 is 0 Å². The Kier molecular flexibility index (Phi) is 7.69. The van der Waals surface area contributed by atoms with Crippen LogP contribution in [0.5, 0.6) is 5.75 Å².